The summed E-state index contributed by atoms with van der Waals surface area (Å²) in [5.74, 6) is -0.826. The first-order valence-corrected chi connectivity index (χ1v) is 5.72. The van der Waals surface area contributed by atoms with E-state index in [4.69, 9.17) is 5.11 Å². The van der Waals surface area contributed by atoms with Gasteiger partial charge in [0.25, 0.3) is 0 Å². The van der Waals surface area contributed by atoms with Crippen LogP contribution in [0.2, 0.25) is 0 Å². The van der Waals surface area contributed by atoms with Crippen LogP contribution >= 0.6 is 0 Å². The van der Waals surface area contributed by atoms with Gasteiger partial charge in [0.05, 0.1) is 12.7 Å². The Bertz CT molecular complexity index is 374. The number of aliphatic carboxylic acids is 1. The van der Waals surface area contributed by atoms with Crippen molar-refractivity contribution >= 4 is 5.97 Å². The molecular weight excluding hydrogens is 218 g/mol. The Balaban J connectivity index is 2.57. The number of hydrogen-bond donors (Lipinski definition) is 1. The summed E-state index contributed by atoms with van der Waals surface area (Å²) < 4.78 is 1.88. The summed E-state index contributed by atoms with van der Waals surface area (Å²) in [5, 5.41) is 13.0. The van der Waals surface area contributed by atoms with E-state index >= 15 is 0 Å². The zero-order valence-electron chi connectivity index (χ0n) is 10.2. The predicted octanol–water partition coefficient (Wildman–Crippen LogP) is 1.37. The molecule has 1 aromatic heterocycles. The molecule has 0 bridgehead atoms. The van der Waals surface area contributed by atoms with E-state index in [2.05, 4.69) is 18.6 Å². The molecule has 1 N–H and O–H groups in total. The lowest BCUT2D eigenvalue weighted by atomic mass is 10.3. The molecule has 0 saturated carbocycles. The maximum absolute atomic E-state index is 10.7. The van der Waals surface area contributed by atoms with Gasteiger partial charge in [-0.15, -0.1) is 6.58 Å². The van der Waals surface area contributed by atoms with Gasteiger partial charge in [-0.25, -0.2) is 0 Å². The Kier molecular flexibility index (Phi) is 5.42. The summed E-state index contributed by atoms with van der Waals surface area (Å²) >= 11 is 0. The summed E-state index contributed by atoms with van der Waals surface area (Å²) in [4.78, 5) is 12.5. The van der Waals surface area contributed by atoms with Gasteiger partial charge < -0.3 is 5.11 Å². The summed E-state index contributed by atoms with van der Waals surface area (Å²) in [6, 6.07) is 0. The van der Waals surface area contributed by atoms with Gasteiger partial charge in [0.15, 0.2) is 0 Å². The van der Waals surface area contributed by atoms with Gasteiger partial charge in [-0.3, -0.25) is 14.4 Å². The summed E-state index contributed by atoms with van der Waals surface area (Å²) in [5.41, 5.74) is 1.03. The van der Waals surface area contributed by atoms with E-state index < -0.39 is 5.97 Å². The molecular formula is C12H19N3O2. The Labute approximate surface area is 101 Å². The molecule has 0 aliphatic heterocycles. The van der Waals surface area contributed by atoms with Crippen LogP contribution in [0.3, 0.4) is 0 Å². The number of carboxylic acids is 1. The molecule has 0 radical (unpaired) electrons. The Morgan fingerprint density at radius 1 is 1.71 bits per heavy atom. The quantitative estimate of drug-likeness (QED) is 0.694. The zero-order chi connectivity index (χ0) is 12.7. The second kappa shape index (κ2) is 6.85. The minimum Gasteiger partial charge on any atom is -0.480 e. The van der Waals surface area contributed by atoms with Crippen molar-refractivity contribution in [2.45, 2.75) is 26.4 Å². The number of aromatic nitrogens is 2. The third-order valence-corrected chi connectivity index (χ3v) is 2.29. The number of carbonyl (C=O) groups is 1. The molecule has 5 heteroatoms. The van der Waals surface area contributed by atoms with Gasteiger partial charge in [-0.1, -0.05) is 13.0 Å². The number of rotatable bonds is 8. The lowest BCUT2D eigenvalue weighted by molar-refractivity contribution is -0.138. The summed E-state index contributed by atoms with van der Waals surface area (Å²) in [6.07, 6.45) is 6.49. The number of aryl methyl sites for hydroxylation is 1. The zero-order valence-corrected chi connectivity index (χ0v) is 10.2. The van der Waals surface area contributed by atoms with Crippen LogP contribution in [0.25, 0.3) is 0 Å². The van der Waals surface area contributed by atoms with Gasteiger partial charge in [0.1, 0.15) is 0 Å². The normalized spacial score (nSPS) is 10.7. The molecule has 0 amide bonds. The van der Waals surface area contributed by atoms with Crippen LogP contribution in [0.4, 0.5) is 0 Å². The topological polar surface area (TPSA) is 58.4 Å². The largest absolute Gasteiger partial charge is 0.480 e. The fourth-order valence-electron chi connectivity index (χ4n) is 1.66. The maximum Gasteiger partial charge on any atom is 0.317 e. The van der Waals surface area contributed by atoms with Crippen molar-refractivity contribution in [2.24, 2.45) is 0 Å². The van der Waals surface area contributed by atoms with Crippen LogP contribution in [0.5, 0.6) is 0 Å². The van der Waals surface area contributed by atoms with Crippen LogP contribution in [-0.4, -0.2) is 38.8 Å². The van der Waals surface area contributed by atoms with Crippen molar-refractivity contribution in [3.63, 3.8) is 0 Å². The molecule has 0 atom stereocenters. The van der Waals surface area contributed by atoms with Crippen molar-refractivity contribution in [1.82, 2.24) is 14.7 Å². The highest BCUT2D eigenvalue weighted by atomic mass is 16.4. The third-order valence-electron chi connectivity index (χ3n) is 2.29. The van der Waals surface area contributed by atoms with E-state index in [1.54, 1.807) is 12.3 Å². The lowest BCUT2D eigenvalue weighted by Crippen LogP contribution is -2.29. The van der Waals surface area contributed by atoms with E-state index in [0.717, 1.165) is 18.5 Å². The first-order valence-electron chi connectivity index (χ1n) is 5.72. The predicted molar refractivity (Wildman–Crippen MR) is 65.6 cm³/mol. The molecule has 0 unspecified atom stereocenters. The monoisotopic (exact) mass is 237 g/mol. The smallest absolute Gasteiger partial charge is 0.317 e. The number of carboxylic acid groups (broad SMARTS) is 1. The Hall–Kier alpha value is -1.62. The van der Waals surface area contributed by atoms with Gasteiger partial charge in [-0.2, -0.15) is 5.10 Å². The summed E-state index contributed by atoms with van der Waals surface area (Å²) in [6.45, 7) is 7.78. The molecule has 1 rings (SSSR count). The fourth-order valence-corrected chi connectivity index (χ4v) is 1.66. The molecule has 0 aliphatic rings. The summed E-state index contributed by atoms with van der Waals surface area (Å²) in [7, 11) is 0. The molecule has 1 heterocycles. The number of hydrogen-bond acceptors (Lipinski definition) is 3. The van der Waals surface area contributed by atoms with E-state index in [9.17, 15) is 4.79 Å². The average Bonchev–Trinajstić information content (AvgIpc) is 2.65. The van der Waals surface area contributed by atoms with Gasteiger partial charge in [0.2, 0.25) is 0 Å². The van der Waals surface area contributed by atoms with E-state index in [0.29, 0.717) is 13.1 Å². The first kappa shape index (κ1) is 13.4. The minimum absolute atomic E-state index is 0.0188. The second-order valence-corrected chi connectivity index (χ2v) is 3.96. The van der Waals surface area contributed by atoms with Crippen LogP contribution in [-0.2, 0) is 17.9 Å². The minimum atomic E-state index is -0.826. The van der Waals surface area contributed by atoms with Crippen LogP contribution in [0.1, 0.15) is 18.9 Å². The Morgan fingerprint density at radius 3 is 3.06 bits per heavy atom. The van der Waals surface area contributed by atoms with Crippen molar-refractivity contribution in [3.05, 3.63) is 30.6 Å². The molecule has 94 valence electrons. The molecule has 0 fully saturated rings. The number of nitrogens with zero attached hydrogens (tertiary/aromatic N) is 3. The molecule has 0 aliphatic carbocycles. The van der Waals surface area contributed by atoms with E-state index in [1.807, 2.05) is 15.8 Å². The third kappa shape index (κ3) is 4.82. The van der Waals surface area contributed by atoms with Crippen LogP contribution in [0.15, 0.2) is 25.0 Å². The van der Waals surface area contributed by atoms with E-state index in [-0.39, 0.29) is 6.54 Å². The van der Waals surface area contributed by atoms with Gasteiger partial charge in [-0.05, 0) is 6.42 Å². The highest BCUT2D eigenvalue weighted by Crippen LogP contribution is 2.04. The molecule has 17 heavy (non-hydrogen) atoms. The van der Waals surface area contributed by atoms with Crippen molar-refractivity contribution < 1.29 is 9.90 Å². The standard InChI is InChI=1S/C12H19N3O2/c1-3-5-14(10-12(16)17)8-11-7-13-15(9-11)6-4-2/h3,7,9H,1,4-6,8,10H2,2H3,(H,16,17). The van der Waals surface area contributed by atoms with Crippen LogP contribution in [0, 0.1) is 0 Å². The molecule has 0 aromatic carbocycles. The van der Waals surface area contributed by atoms with Crippen LogP contribution < -0.4 is 0 Å². The molecule has 0 spiro atoms. The SMILES string of the molecule is C=CCN(CC(=O)O)Cc1cnn(CCC)c1. The van der Waals surface area contributed by atoms with Crippen molar-refractivity contribution in [3.8, 4) is 0 Å². The molecule has 0 saturated heterocycles. The molecule has 5 nitrogen and oxygen atoms in total. The second-order valence-electron chi connectivity index (χ2n) is 3.96. The van der Waals surface area contributed by atoms with Gasteiger partial charge >= 0.3 is 5.97 Å². The first-order chi connectivity index (χ1) is 8.15. The average molecular weight is 237 g/mol. The Morgan fingerprint density at radius 2 is 2.47 bits per heavy atom. The highest BCUT2D eigenvalue weighted by Gasteiger charge is 2.09. The molecule has 1 aromatic rings. The van der Waals surface area contributed by atoms with E-state index in [1.165, 1.54) is 0 Å². The van der Waals surface area contributed by atoms with Crippen molar-refractivity contribution in [2.75, 3.05) is 13.1 Å². The highest BCUT2D eigenvalue weighted by molar-refractivity contribution is 5.69. The lowest BCUT2D eigenvalue weighted by Gasteiger charge is -2.16. The maximum atomic E-state index is 10.7. The fraction of sp³-hybridized carbons (Fsp3) is 0.500. The van der Waals surface area contributed by atoms with Gasteiger partial charge in [0, 0.05) is 31.4 Å². The van der Waals surface area contributed by atoms with Crippen molar-refractivity contribution in [1.29, 1.82) is 0 Å².